The molecule has 0 radical (unpaired) electrons. The minimum absolute atomic E-state index is 0. The first-order chi connectivity index (χ1) is 2.27. The van der Waals surface area contributed by atoms with Crippen LogP contribution in [0.25, 0.3) is 0 Å². The summed E-state index contributed by atoms with van der Waals surface area (Å²) in [4.78, 5) is 0. The van der Waals surface area contributed by atoms with Crippen molar-refractivity contribution in [3.63, 3.8) is 0 Å². The molecule has 0 aromatic heterocycles. The van der Waals surface area contributed by atoms with Crippen molar-refractivity contribution in [1.82, 2.24) is 5.48 Å². The summed E-state index contributed by atoms with van der Waals surface area (Å²) >= 11 is 4.11. The van der Waals surface area contributed by atoms with Gasteiger partial charge in [-0.2, -0.15) is 0 Å². The van der Waals surface area contributed by atoms with Crippen molar-refractivity contribution in [2.24, 2.45) is 5.73 Å². The molecule has 0 aliphatic heterocycles. The number of hydrogen-bond acceptors (Lipinski definition) is 2. The van der Waals surface area contributed by atoms with E-state index in [4.69, 9.17) is 5.21 Å². The van der Waals surface area contributed by atoms with E-state index in [0.29, 0.717) is 0 Å². The van der Waals surface area contributed by atoms with E-state index < -0.39 is 0 Å². The maximum absolute atomic E-state index is 7.63. The first-order valence-corrected chi connectivity index (χ1v) is 1.37. The molecule has 0 rings (SSSR count). The fourth-order valence-electron chi connectivity index (χ4n) is 0. The molecule has 4 N–H and O–H groups in total. The molecule has 0 heterocycles. The van der Waals surface area contributed by atoms with Crippen LogP contribution < -0.4 is 11.2 Å². The summed E-state index contributed by atoms with van der Waals surface area (Å²) in [6.07, 6.45) is 0. The maximum Gasteiger partial charge on any atom is 0.187 e. The fourth-order valence-corrected chi connectivity index (χ4v) is 0. The number of nitrogens with two attached hydrogens (primary N) is 1. The molecule has 0 saturated carbocycles. The Morgan fingerprint density at radius 2 is 2.00 bits per heavy atom. The Morgan fingerprint density at radius 3 is 2.00 bits per heavy atom. The zero-order valence-corrected chi connectivity index (χ0v) is 5.99. The summed E-state index contributed by atoms with van der Waals surface area (Å²) in [5.41, 5.74) is 6.20. The van der Waals surface area contributed by atoms with Gasteiger partial charge in [0.2, 0.25) is 0 Å². The van der Waals surface area contributed by atoms with E-state index in [1.807, 2.05) is 0 Å². The monoisotopic (exact) mass is 220 g/mol. The summed E-state index contributed by atoms with van der Waals surface area (Å²) in [5.74, 6) is 0. The number of hydroxylamine groups is 1. The van der Waals surface area contributed by atoms with Gasteiger partial charge in [-0.1, -0.05) is 0 Å². The van der Waals surface area contributed by atoms with Gasteiger partial charge >= 0.3 is 0 Å². The van der Waals surface area contributed by atoms with E-state index in [-0.39, 0.29) is 29.1 Å². The van der Waals surface area contributed by atoms with Crippen LogP contribution in [0, 0.1) is 0 Å². The number of rotatable bonds is 0. The predicted molar refractivity (Wildman–Crippen MR) is 37.1 cm³/mol. The molecule has 0 bridgehead atoms. The van der Waals surface area contributed by atoms with Crippen LogP contribution in [-0.4, -0.2) is 10.3 Å². The van der Waals surface area contributed by atoms with E-state index in [0.717, 1.165) is 0 Å². The fraction of sp³-hybridized carbons (Fsp3) is 0. The number of hydrogen-bond donors (Lipinski definition) is 3. The lowest BCUT2D eigenvalue weighted by Crippen LogP contribution is -2.24. The van der Waals surface area contributed by atoms with E-state index in [1.165, 1.54) is 5.48 Å². The molecule has 0 aromatic rings. The summed E-state index contributed by atoms with van der Waals surface area (Å²) in [5, 5.41) is 7.52. The molecule has 0 spiro atoms. The van der Waals surface area contributed by atoms with Gasteiger partial charge in [-0.15, -0.1) is 24.0 Å². The van der Waals surface area contributed by atoms with Crippen LogP contribution in [-0.2, 0) is 0 Å². The molecular formula is CH5IN2OS. The van der Waals surface area contributed by atoms with E-state index in [2.05, 4.69) is 18.0 Å². The van der Waals surface area contributed by atoms with E-state index >= 15 is 0 Å². The SMILES string of the molecule is I.NC(=S)NO. The zero-order chi connectivity index (χ0) is 4.28. The lowest BCUT2D eigenvalue weighted by Gasteiger charge is -1.83. The number of nitrogens with one attached hydrogen (secondary N) is 1. The Morgan fingerprint density at radius 1 is 1.83 bits per heavy atom. The van der Waals surface area contributed by atoms with Crippen molar-refractivity contribution < 1.29 is 5.21 Å². The van der Waals surface area contributed by atoms with Crippen molar-refractivity contribution in [2.45, 2.75) is 0 Å². The number of halogens is 1. The zero-order valence-electron chi connectivity index (χ0n) is 2.84. The third-order valence-corrected chi connectivity index (χ3v) is 0.201. The molecule has 6 heavy (non-hydrogen) atoms. The summed E-state index contributed by atoms with van der Waals surface area (Å²) in [7, 11) is 0. The largest absolute Gasteiger partial charge is 0.375 e. The highest BCUT2D eigenvalue weighted by Crippen LogP contribution is 1.42. The van der Waals surface area contributed by atoms with Crippen LogP contribution in [0.1, 0.15) is 0 Å². The molecule has 3 nitrogen and oxygen atoms in total. The Labute approximate surface area is 57.9 Å². The second-order valence-corrected chi connectivity index (χ2v) is 0.916. The van der Waals surface area contributed by atoms with Crippen molar-refractivity contribution >= 4 is 41.3 Å². The molecule has 0 unspecified atom stereocenters. The highest BCUT2D eigenvalue weighted by molar-refractivity contribution is 14.0. The molecular weight excluding hydrogens is 215 g/mol. The summed E-state index contributed by atoms with van der Waals surface area (Å²) < 4.78 is 0. The third kappa shape index (κ3) is 8.83. The average molecular weight is 220 g/mol. The first kappa shape index (κ1) is 9.63. The molecule has 0 atom stereocenters. The molecule has 0 amide bonds. The molecule has 0 aliphatic carbocycles. The van der Waals surface area contributed by atoms with Crippen molar-refractivity contribution in [3.8, 4) is 0 Å². The highest BCUT2D eigenvalue weighted by atomic mass is 127. The van der Waals surface area contributed by atoms with Gasteiger partial charge in [0.15, 0.2) is 5.11 Å². The standard InChI is InChI=1S/CH4N2OS.HI/c2-1(5)3-4;/h4H,(H3,2,3,5);1H. The van der Waals surface area contributed by atoms with Gasteiger partial charge in [0.05, 0.1) is 0 Å². The van der Waals surface area contributed by atoms with Crippen LogP contribution in [0.15, 0.2) is 0 Å². The van der Waals surface area contributed by atoms with Crippen LogP contribution in [0.3, 0.4) is 0 Å². The normalized spacial score (nSPS) is 5.50. The second kappa shape index (κ2) is 5.38. The van der Waals surface area contributed by atoms with Crippen molar-refractivity contribution in [2.75, 3.05) is 0 Å². The maximum atomic E-state index is 7.63. The molecule has 38 valence electrons. The molecule has 0 aliphatic rings. The van der Waals surface area contributed by atoms with Crippen LogP contribution >= 0.6 is 36.2 Å². The smallest absolute Gasteiger partial charge is 0.187 e. The summed E-state index contributed by atoms with van der Waals surface area (Å²) in [6, 6.07) is 0. The second-order valence-electron chi connectivity index (χ2n) is 0.476. The third-order valence-electron chi connectivity index (χ3n) is 0.110. The van der Waals surface area contributed by atoms with Gasteiger partial charge in [-0.25, -0.2) is 5.48 Å². The lowest BCUT2D eigenvalue weighted by molar-refractivity contribution is 0.236. The van der Waals surface area contributed by atoms with E-state index in [1.54, 1.807) is 0 Å². The van der Waals surface area contributed by atoms with E-state index in [9.17, 15) is 0 Å². The Kier molecular flexibility index (Phi) is 8.63. The average Bonchev–Trinajstić information content (AvgIpc) is 1.38. The molecule has 5 heteroatoms. The molecule has 0 aromatic carbocycles. The molecule has 0 saturated heterocycles. The summed E-state index contributed by atoms with van der Waals surface area (Å²) in [6.45, 7) is 0. The minimum atomic E-state index is -0.106. The Bertz CT molecular complexity index is 48.8. The quantitative estimate of drug-likeness (QED) is 0.301. The topological polar surface area (TPSA) is 58.3 Å². The van der Waals surface area contributed by atoms with Crippen LogP contribution in [0.2, 0.25) is 0 Å². The van der Waals surface area contributed by atoms with Gasteiger partial charge in [-0.3, -0.25) is 5.21 Å². The van der Waals surface area contributed by atoms with Gasteiger partial charge in [0.1, 0.15) is 0 Å². The van der Waals surface area contributed by atoms with Crippen LogP contribution in [0.5, 0.6) is 0 Å². The van der Waals surface area contributed by atoms with Gasteiger partial charge < -0.3 is 5.73 Å². The van der Waals surface area contributed by atoms with Crippen LogP contribution in [0.4, 0.5) is 0 Å². The highest BCUT2D eigenvalue weighted by Gasteiger charge is 1.68. The van der Waals surface area contributed by atoms with Gasteiger partial charge in [0.25, 0.3) is 0 Å². The Balaban J connectivity index is 0. The first-order valence-electron chi connectivity index (χ1n) is 0.966. The lowest BCUT2D eigenvalue weighted by atomic mass is 11.2. The predicted octanol–water partition coefficient (Wildman–Crippen LogP) is -0.173. The minimum Gasteiger partial charge on any atom is -0.375 e. The van der Waals surface area contributed by atoms with Crippen molar-refractivity contribution in [3.05, 3.63) is 0 Å². The van der Waals surface area contributed by atoms with Gasteiger partial charge in [-0.05, 0) is 12.2 Å². The number of thiocarbonyl (C=S) groups is 1. The van der Waals surface area contributed by atoms with Gasteiger partial charge in [0, 0.05) is 0 Å². The van der Waals surface area contributed by atoms with Crippen molar-refractivity contribution in [1.29, 1.82) is 0 Å². The Hall–Kier alpha value is 0.380. The molecule has 0 fully saturated rings.